The minimum Gasteiger partial charge on any atom is -0.342 e. The van der Waals surface area contributed by atoms with E-state index in [4.69, 9.17) is 4.52 Å². The summed E-state index contributed by atoms with van der Waals surface area (Å²) in [5.74, 6) is -0.147. The predicted octanol–water partition coefficient (Wildman–Crippen LogP) is 3.84. The number of rotatable bonds is 5. The molecule has 0 aliphatic carbocycles. The van der Waals surface area contributed by atoms with E-state index in [1.807, 2.05) is 0 Å². The van der Waals surface area contributed by atoms with E-state index in [1.54, 1.807) is 29.2 Å². The average molecular weight is 493 g/mol. The Kier molecular flexibility index (Phi) is 6.24. The van der Waals surface area contributed by atoms with Crippen molar-refractivity contribution in [2.24, 2.45) is 0 Å². The fourth-order valence-electron chi connectivity index (χ4n) is 3.34. The average Bonchev–Trinajstić information content (AvgIpc) is 3.41. The van der Waals surface area contributed by atoms with Crippen LogP contribution in [0, 0.1) is 5.82 Å². The van der Waals surface area contributed by atoms with Crippen LogP contribution in [-0.4, -0.2) is 46.5 Å². The van der Waals surface area contributed by atoms with Gasteiger partial charge in [-0.05, 0) is 53.0 Å². The van der Waals surface area contributed by atoms with E-state index in [9.17, 15) is 14.0 Å². The lowest BCUT2D eigenvalue weighted by atomic mass is 9.98. The minimum atomic E-state index is -0.370. The van der Waals surface area contributed by atoms with E-state index < -0.39 is 0 Å². The van der Waals surface area contributed by atoms with Crippen molar-refractivity contribution in [2.75, 3.05) is 19.6 Å². The summed E-state index contributed by atoms with van der Waals surface area (Å²) in [6.45, 7) is 0.976. The van der Waals surface area contributed by atoms with Crippen molar-refractivity contribution in [3.05, 3.63) is 56.8 Å². The fraction of sp³-hybridized carbons (Fsp3) is 0.300. The lowest BCUT2D eigenvalue weighted by Gasteiger charge is -2.31. The van der Waals surface area contributed by atoms with Crippen LogP contribution < -0.4 is 5.32 Å². The number of hydrogen-bond acceptors (Lipinski definition) is 6. The summed E-state index contributed by atoms with van der Waals surface area (Å²) in [5.41, 5.74) is 0.539. The number of thiophene rings is 1. The standard InChI is InChI=1S/C20H18BrFN4O3S/c21-16-7-6-15(30-16)19(28)23-10-17(27)26-8-2-4-13(11-26)20-24-18(25-29-20)12-3-1-5-14(22)9-12/h1,3,5-7,9,13H,2,4,8,10-11H2,(H,23,28). The quantitative estimate of drug-likeness (QED) is 0.584. The lowest BCUT2D eigenvalue weighted by Crippen LogP contribution is -2.44. The van der Waals surface area contributed by atoms with Crippen LogP contribution in [0.3, 0.4) is 0 Å². The molecule has 2 aromatic heterocycles. The summed E-state index contributed by atoms with van der Waals surface area (Å²) in [5, 5.41) is 6.62. The summed E-state index contributed by atoms with van der Waals surface area (Å²) in [4.78, 5) is 31.4. The SMILES string of the molecule is O=C(NCC(=O)N1CCCC(c2nc(-c3cccc(F)c3)no2)C1)c1ccc(Br)s1. The molecule has 1 aromatic carbocycles. The third kappa shape index (κ3) is 4.76. The van der Waals surface area contributed by atoms with Gasteiger partial charge >= 0.3 is 0 Å². The molecule has 1 aliphatic rings. The van der Waals surface area contributed by atoms with Gasteiger partial charge in [-0.2, -0.15) is 4.98 Å². The van der Waals surface area contributed by atoms with E-state index in [0.717, 1.165) is 16.6 Å². The van der Waals surface area contributed by atoms with Gasteiger partial charge in [0, 0.05) is 18.7 Å². The van der Waals surface area contributed by atoms with Crippen LogP contribution in [0.5, 0.6) is 0 Å². The van der Waals surface area contributed by atoms with Crippen LogP contribution in [0.1, 0.15) is 34.3 Å². The molecule has 0 radical (unpaired) electrons. The van der Waals surface area contributed by atoms with E-state index >= 15 is 0 Å². The molecule has 3 aromatic rings. The van der Waals surface area contributed by atoms with Crippen LogP contribution in [0.4, 0.5) is 4.39 Å². The van der Waals surface area contributed by atoms with Crippen molar-refractivity contribution in [1.82, 2.24) is 20.4 Å². The van der Waals surface area contributed by atoms with Gasteiger partial charge < -0.3 is 14.7 Å². The highest BCUT2D eigenvalue weighted by atomic mass is 79.9. The number of piperidine rings is 1. The maximum Gasteiger partial charge on any atom is 0.261 e. The summed E-state index contributed by atoms with van der Waals surface area (Å²) in [6, 6.07) is 9.50. The van der Waals surface area contributed by atoms with Crippen LogP contribution >= 0.6 is 27.3 Å². The summed E-state index contributed by atoms with van der Waals surface area (Å²) >= 11 is 4.63. The monoisotopic (exact) mass is 492 g/mol. The lowest BCUT2D eigenvalue weighted by molar-refractivity contribution is -0.131. The second kappa shape index (κ2) is 9.05. The third-order valence-corrected chi connectivity index (χ3v) is 6.47. The molecular formula is C20H18BrFN4O3S. The molecule has 0 saturated carbocycles. The molecule has 1 fully saturated rings. The summed E-state index contributed by atoms with van der Waals surface area (Å²) < 4.78 is 19.7. The maximum absolute atomic E-state index is 13.4. The summed E-state index contributed by atoms with van der Waals surface area (Å²) in [7, 11) is 0. The Morgan fingerprint density at radius 3 is 2.97 bits per heavy atom. The molecule has 1 atom stereocenters. The van der Waals surface area contributed by atoms with Crippen LogP contribution in [-0.2, 0) is 4.79 Å². The second-order valence-corrected chi connectivity index (χ2v) is 9.39. The minimum absolute atomic E-state index is 0.0700. The molecule has 156 valence electrons. The highest BCUT2D eigenvalue weighted by molar-refractivity contribution is 9.11. The van der Waals surface area contributed by atoms with E-state index in [0.29, 0.717) is 35.2 Å². The Labute approximate surface area is 184 Å². The number of carbonyl (C=O) groups is 2. The fourth-order valence-corrected chi connectivity index (χ4v) is 4.64. The molecule has 1 aliphatic heterocycles. The first-order valence-electron chi connectivity index (χ1n) is 9.40. The second-order valence-electron chi connectivity index (χ2n) is 6.93. The molecular weight excluding hydrogens is 475 g/mol. The van der Waals surface area contributed by atoms with Gasteiger partial charge in [-0.15, -0.1) is 11.3 Å². The topological polar surface area (TPSA) is 88.3 Å². The van der Waals surface area contributed by atoms with Crippen LogP contribution in [0.15, 0.2) is 44.7 Å². The normalized spacial score (nSPS) is 16.5. The Balaban J connectivity index is 1.36. The van der Waals surface area contributed by atoms with Gasteiger partial charge in [-0.25, -0.2) is 4.39 Å². The van der Waals surface area contributed by atoms with Crippen LogP contribution in [0.25, 0.3) is 11.4 Å². The zero-order valence-corrected chi connectivity index (χ0v) is 18.2. The molecule has 2 amide bonds. The number of hydrogen-bond donors (Lipinski definition) is 1. The molecule has 3 heterocycles. The largest absolute Gasteiger partial charge is 0.342 e. The zero-order valence-electron chi connectivity index (χ0n) is 15.8. The first kappa shape index (κ1) is 20.7. The van der Waals surface area contributed by atoms with Gasteiger partial charge in [0.2, 0.25) is 17.6 Å². The number of amides is 2. The molecule has 30 heavy (non-hydrogen) atoms. The molecule has 7 nitrogen and oxygen atoms in total. The van der Waals surface area contributed by atoms with Gasteiger partial charge in [-0.1, -0.05) is 17.3 Å². The Hall–Kier alpha value is -2.59. The Morgan fingerprint density at radius 1 is 1.33 bits per heavy atom. The van der Waals surface area contributed by atoms with E-state index in [1.165, 1.54) is 23.5 Å². The highest BCUT2D eigenvalue weighted by Crippen LogP contribution is 2.28. The van der Waals surface area contributed by atoms with Gasteiger partial charge in [0.15, 0.2) is 0 Å². The molecule has 1 N–H and O–H groups in total. The van der Waals surface area contributed by atoms with Gasteiger partial charge in [0.25, 0.3) is 5.91 Å². The summed E-state index contributed by atoms with van der Waals surface area (Å²) in [6.07, 6.45) is 1.60. The van der Waals surface area contributed by atoms with Gasteiger partial charge in [0.1, 0.15) is 5.82 Å². The van der Waals surface area contributed by atoms with E-state index in [-0.39, 0.29) is 30.1 Å². The first-order valence-corrected chi connectivity index (χ1v) is 11.0. The number of nitrogens with one attached hydrogen (secondary N) is 1. The number of halogens is 2. The molecule has 4 rings (SSSR count). The van der Waals surface area contributed by atoms with Gasteiger partial charge in [0.05, 0.1) is 21.1 Å². The molecule has 0 spiro atoms. The van der Waals surface area contributed by atoms with Crippen molar-refractivity contribution in [2.45, 2.75) is 18.8 Å². The zero-order chi connectivity index (χ0) is 21.1. The van der Waals surface area contributed by atoms with Crippen molar-refractivity contribution in [3.63, 3.8) is 0 Å². The highest BCUT2D eigenvalue weighted by Gasteiger charge is 2.29. The molecule has 10 heteroatoms. The van der Waals surface area contributed by atoms with Crippen molar-refractivity contribution in [1.29, 1.82) is 0 Å². The number of carbonyl (C=O) groups excluding carboxylic acids is 2. The predicted molar refractivity (Wildman–Crippen MR) is 113 cm³/mol. The van der Waals surface area contributed by atoms with Crippen LogP contribution in [0.2, 0.25) is 0 Å². The van der Waals surface area contributed by atoms with E-state index in [2.05, 4.69) is 31.4 Å². The third-order valence-electron chi connectivity index (χ3n) is 4.85. The first-order chi connectivity index (χ1) is 14.5. The van der Waals surface area contributed by atoms with Crippen molar-refractivity contribution >= 4 is 39.1 Å². The van der Waals surface area contributed by atoms with Gasteiger partial charge in [-0.3, -0.25) is 9.59 Å². The molecule has 1 unspecified atom stereocenters. The molecule has 0 bridgehead atoms. The Morgan fingerprint density at radius 2 is 2.20 bits per heavy atom. The smallest absolute Gasteiger partial charge is 0.261 e. The molecule has 1 saturated heterocycles. The Bertz CT molecular complexity index is 1070. The number of benzene rings is 1. The van der Waals surface area contributed by atoms with Crippen molar-refractivity contribution in [3.8, 4) is 11.4 Å². The maximum atomic E-state index is 13.4. The number of likely N-dealkylation sites (tertiary alicyclic amines) is 1. The van der Waals surface area contributed by atoms with Crippen molar-refractivity contribution < 1.29 is 18.5 Å². The number of aromatic nitrogens is 2. The number of nitrogens with zero attached hydrogens (tertiary/aromatic N) is 3.